The first-order valence-electron chi connectivity index (χ1n) is 11.3. The molecular weight excluding hydrogens is 430 g/mol. The first kappa shape index (κ1) is 25.2. The van der Waals surface area contributed by atoms with Crippen LogP contribution >= 0.6 is 0 Å². The maximum Gasteiger partial charge on any atom is 0.231 e. The molecule has 2 N–H and O–H groups in total. The van der Waals surface area contributed by atoms with Crippen molar-refractivity contribution >= 4 is 12.2 Å². The lowest BCUT2D eigenvalue weighted by Gasteiger charge is -2.25. The molecule has 1 amide bonds. The third kappa shape index (κ3) is 6.32. The third-order valence-corrected chi connectivity index (χ3v) is 5.52. The fourth-order valence-corrected chi connectivity index (χ4v) is 3.83. The van der Waals surface area contributed by atoms with E-state index in [2.05, 4.69) is 4.98 Å². The lowest BCUT2D eigenvalue weighted by atomic mass is 10.0. The lowest BCUT2D eigenvalue weighted by Crippen LogP contribution is -2.33. The predicted molar refractivity (Wildman–Crippen MR) is 131 cm³/mol. The largest absolute Gasteiger partial charge is 0.480 e. The van der Waals surface area contributed by atoms with Crippen LogP contribution in [0.4, 0.5) is 0 Å². The number of carbonyl (C=O) groups excluding carboxylic acids is 2. The van der Waals surface area contributed by atoms with Gasteiger partial charge in [-0.15, -0.1) is 0 Å². The Morgan fingerprint density at radius 2 is 1.71 bits per heavy atom. The molecular formula is C27H33N3O4. The summed E-state index contributed by atoms with van der Waals surface area (Å²) in [4.78, 5) is 29.7. The Labute approximate surface area is 200 Å². The molecule has 0 fully saturated rings. The highest BCUT2D eigenvalue weighted by Gasteiger charge is 2.22. The quantitative estimate of drug-likeness (QED) is 0.447. The number of amides is 1. The number of aldehydes is 1. The number of hydrogen-bond acceptors (Lipinski definition) is 6. The Morgan fingerprint density at radius 3 is 2.26 bits per heavy atom. The second-order valence-corrected chi connectivity index (χ2v) is 9.38. The standard InChI is InChI=1S/C27H33N3O4/c1-17-7-9-22(10-8-17)26-29-23(20(4)33-26)14-30(15-24(28)32)13-21-11-18(2)25(19(3)12-21)34-27(5,6)16-31/h7-12,16H,13-15H2,1-6H3,(H2,28,32). The van der Waals surface area contributed by atoms with Crippen LogP contribution in [0, 0.1) is 27.7 Å². The molecule has 7 heteroatoms. The number of oxazole rings is 1. The molecule has 1 heterocycles. The number of carbonyl (C=O) groups is 2. The Kier molecular flexibility index (Phi) is 7.57. The molecule has 2 aromatic carbocycles. The summed E-state index contributed by atoms with van der Waals surface area (Å²) >= 11 is 0. The molecule has 0 unspecified atom stereocenters. The first-order valence-corrected chi connectivity index (χ1v) is 11.3. The van der Waals surface area contributed by atoms with Crippen molar-refractivity contribution in [3.05, 3.63) is 70.1 Å². The van der Waals surface area contributed by atoms with Crippen LogP contribution in [0.2, 0.25) is 0 Å². The van der Waals surface area contributed by atoms with E-state index in [-0.39, 0.29) is 6.54 Å². The van der Waals surface area contributed by atoms with Gasteiger partial charge in [-0.25, -0.2) is 4.98 Å². The molecule has 34 heavy (non-hydrogen) atoms. The highest BCUT2D eigenvalue weighted by atomic mass is 16.5. The van der Waals surface area contributed by atoms with Crippen molar-refractivity contribution in [1.82, 2.24) is 9.88 Å². The van der Waals surface area contributed by atoms with Crippen LogP contribution < -0.4 is 10.5 Å². The Hall–Kier alpha value is -3.45. The number of nitrogens with zero attached hydrogens (tertiary/aromatic N) is 2. The zero-order valence-corrected chi connectivity index (χ0v) is 20.8. The van der Waals surface area contributed by atoms with E-state index in [4.69, 9.17) is 14.9 Å². The molecule has 0 spiro atoms. The van der Waals surface area contributed by atoms with Gasteiger partial charge < -0.3 is 14.9 Å². The van der Waals surface area contributed by atoms with Gasteiger partial charge in [-0.3, -0.25) is 14.5 Å². The summed E-state index contributed by atoms with van der Waals surface area (Å²) in [5, 5.41) is 0. The molecule has 0 radical (unpaired) electrons. The van der Waals surface area contributed by atoms with E-state index < -0.39 is 11.5 Å². The van der Waals surface area contributed by atoms with E-state index in [1.54, 1.807) is 13.8 Å². The Morgan fingerprint density at radius 1 is 1.09 bits per heavy atom. The van der Waals surface area contributed by atoms with Gasteiger partial charge in [0.1, 0.15) is 11.5 Å². The molecule has 0 aliphatic rings. The fourth-order valence-electron chi connectivity index (χ4n) is 3.83. The van der Waals surface area contributed by atoms with Crippen LogP contribution in [0.25, 0.3) is 11.5 Å². The normalized spacial score (nSPS) is 11.6. The second-order valence-electron chi connectivity index (χ2n) is 9.38. The van der Waals surface area contributed by atoms with Gasteiger partial charge >= 0.3 is 0 Å². The second kappa shape index (κ2) is 10.2. The summed E-state index contributed by atoms with van der Waals surface area (Å²) in [5.74, 6) is 1.54. The minimum absolute atomic E-state index is 0.0840. The molecule has 180 valence electrons. The average Bonchev–Trinajstić information content (AvgIpc) is 3.11. The Bertz CT molecular complexity index is 1160. The highest BCUT2D eigenvalue weighted by molar-refractivity contribution is 5.76. The van der Waals surface area contributed by atoms with Crippen molar-refractivity contribution in [3.8, 4) is 17.2 Å². The van der Waals surface area contributed by atoms with E-state index in [1.165, 1.54) is 0 Å². The van der Waals surface area contributed by atoms with Gasteiger partial charge in [0.05, 0.1) is 12.2 Å². The maximum absolute atomic E-state index is 11.8. The molecule has 1 aromatic heterocycles. The van der Waals surface area contributed by atoms with Crippen molar-refractivity contribution in [2.75, 3.05) is 6.54 Å². The van der Waals surface area contributed by atoms with Gasteiger partial charge in [0.25, 0.3) is 0 Å². The van der Waals surface area contributed by atoms with Crippen molar-refractivity contribution in [1.29, 1.82) is 0 Å². The predicted octanol–water partition coefficient (Wildman–Crippen LogP) is 4.42. The summed E-state index contributed by atoms with van der Waals surface area (Å²) < 4.78 is 11.8. The van der Waals surface area contributed by atoms with Crippen molar-refractivity contribution in [2.45, 2.75) is 60.2 Å². The molecule has 0 saturated heterocycles. The van der Waals surface area contributed by atoms with E-state index >= 15 is 0 Å². The lowest BCUT2D eigenvalue weighted by molar-refractivity contribution is -0.119. The zero-order valence-electron chi connectivity index (χ0n) is 20.8. The molecule has 0 saturated carbocycles. The summed E-state index contributed by atoms with van der Waals surface area (Å²) in [6.07, 6.45) is 0.791. The van der Waals surface area contributed by atoms with Crippen LogP contribution in [0.5, 0.6) is 5.75 Å². The Balaban J connectivity index is 1.83. The van der Waals surface area contributed by atoms with E-state index in [9.17, 15) is 9.59 Å². The van der Waals surface area contributed by atoms with Gasteiger partial charge in [-0.1, -0.05) is 29.8 Å². The molecule has 0 bridgehead atoms. The highest BCUT2D eigenvalue weighted by Crippen LogP contribution is 2.29. The molecule has 7 nitrogen and oxygen atoms in total. The minimum Gasteiger partial charge on any atom is -0.480 e. The van der Waals surface area contributed by atoms with Gasteiger partial charge in [0, 0.05) is 18.7 Å². The van der Waals surface area contributed by atoms with Crippen LogP contribution in [-0.4, -0.2) is 34.2 Å². The van der Waals surface area contributed by atoms with Crippen LogP contribution in [0.3, 0.4) is 0 Å². The number of aromatic nitrogens is 1. The number of nitrogens with two attached hydrogens (primary N) is 1. The van der Waals surface area contributed by atoms with Gasteiger partial charge in [0.15, 0.2) is 11.9 Å². The molecule has 3 rings (SSSR count). The number of primary amides is 1. The van der Waals surface area contributed by atoms with E-state index in [1.807, 2.05) is 69.0 Å². The molecule has 0 aliphatic heterocycles. The smallest absolute Gasteiger partial charge is 0.231 e. The molecule has 0 aliphatic carbocycles. The van der Waals surface area contributed by atoms with Crippen LogP contribution in [0.1, 0.15) is 47.6 Å². The number of ether oxygens (including phenoxy) is 1. The maximum atomic E-state index is 11.8. The fraction of sp³-hybridized carbons (Fsp3) is 0.370. The monoisotopic (exact) mass is 463 g/mol. The van der Waals surface area contributed by atoms with Gasteiger partial charge in [-0.05, 0) is 70.4 Å². The van der Waals surface area contributed by atoms with Crippen molar-refractivity contribution < 1.29 is 18.7 Å². The van der Waals surface area contributed by atoms with Crippen LogP contribution in [0.15, 0.2) is 40.8 Å². The number of rotatable bonds is 10. The molecule has 0 atom stereocenters. The zero-order chi connectivity index (χ0) is 25.0. The van der Waals surface area contributed by atoms with Gasteiger partial charge in [0.2, 0.25) is 11.8 Å². The minimum atomic E-state index is -0.908. The van der Waals surface area contributed by atoms with Crippen LogP contribution in [-0.2, 0) is 22.7 Å². The topological polar surface area (TPSA) is 98.7 Å². The molecule has 3 aromatic rings. The van der Waals surface area contributed by atoms with Crippen molar-refractivity contribution in [3.63, 3.8) is 0 Å². The van der Waals surface area contributed by atoms with Gasteiger partial charge in [-0.2, -0.15) is 0 Å². The summed E-state index contributed by atoms with van der Waals surface area (Å²) in [7, 11) is 0. The summed E-state index contributed by atoms with van der Waals surface area (Å²) in [6, 6.07) is 12.0. The summed E-state index contributed by atoms with van der Waals surface area (Å²) in [6.45, 7) is 12.2. The number of hydrogen-bond donors (Lipinski definition) is 1. The average molecular weight is 464 g/mol. The number of benzene rings is 2. The SMILES string of the molecule is Cc1ccc(-c2nc(CN(CC(N)=O)Cc3cc(C)c(OC(C)(C)C=O)c(C)c3)c(C)o2)cc1. The first-order chi connectivity index (χ1) is 16.0. The third-order valence-electron chi connectivity index (χ3n) is 5.52. The van der Waals surface area contributed by atoms with Crippen molar-refractivity contribution in [2.24, 2.45) is 5.73 Å². The van der Waals surface area contributed by atoms with E-state index in [0.717, 1.165) is 39.8 Å². The summed E-state index contributed by atoms with van der Waals surface area (Å²) in [5.41, 5.74) is 10.3. The van der Waals surface area contributed by atoms with E-state index in [0.29, 0.717) is 30.5 Å². The number of aryl methyl sites for hydroxylation is 4.